The maximum absolute atomic E-state index is 12.5. The van der Waals surface area contributed by atoms with Crippen LogP contribution in [0.3, 0.4) is 0 Å². The van der Waals surface area contributed by atoms with Gasteiger partial charge in [0.2, 0.25) is 5.95 Å². The second-order valence-corrected chi connectivity index (χ2v) is 12.5. The minimum absolute atomic E-state index is 0.153. The van der Waals surface area contributed by atoms with Crippen LogP contribution < -0.4 is 10.6 Å². The van der Waals surface area contributed by atoms with E-state index in [9.17, 15) is 13.2 Å². The van der Waals surface area contributed by atoms with E-state index in [-0.39, 0.29) is 17.4 Å². The third kappa shape index (κ3) is 10.0. The summed E-state index contributed by atoms with van der Waals surface area (Å²) in [7, 11) is 0.127. The van der Waals surface area contributed by atoms with Gasteiger partial charge in [-0.3, -0.25) is 14.0 Å². The van der Waals surface area contributed by atoms with Crippen LogP contribution in [-0.4, -0.2) is 61.4 Å². The first-order chi connectivity index (χ1) is 22.0. The smallest absolute Gasteiger partial charge is 0.297 e. The summed E-state index contributed by atoms with van der Waals surface area (Å²) in [5.74, 6) is 0.320. The molecule has 0 saturated carbocycles. The number of pyridine rings is 1. The first-order valence-corrected chi connectivity index (χ1v) is 16.0. The number of nitrogens with zero attached hydrogens (tertiary/aromatic N) is 4. The predicted octanol–water partition coefficient (Wildman–Crippen LogP) is 6.41. The monoisotopic (exact) mass is 638 g/mol. The zero-order valence-corrected chi connectivity index (χ0v) is 27.4. The van der Waals surface area contributed by atoms with Crippen molar-refractivity contribution in [3.8, 4) is 11.3 Å². The molecule has 238 valence electrons. The molecule has 10 nitrogen and oxygen atoms in total. The highest BCUT2D eigenvalue weighted by Crippen LogP contribution is 2.24. The highest BCUT2D eigenvalue weighted by molar-refractivity contribution is 7.86. The van der Waals surface area contributed by atoms with Gasteiger partial charge in [0.15, 0.2) is 0 Å². The molecule has 46 heavy (non-hydrogen) atoms. The first-order valence-electron chi connectivity index (χ1n) is 14.6. The van der Waals surface area contributed by atoms with E-state index in [0.717, 1.165) is 33.6 Å². The number of likely N-dealkylation sites (N-methyl/N-ethyl adjacent to an activating group) is 1. The number of nitrogens with one attached hydrogen (secondary N) is 2. The van der Waals surface area contributed by atoms with Gasteiger partial charge in [-0.15, -0.1) is 0 Å². The zero-order chi connectivity index (χ0) is 33.1. The Morgan fingerprint density at radius 3 is 2.22 bits per heavy atom. The van der Waals surface area contributed by atoms with E-state index in [1.165, 1.54) is 0 Å². The number of anilines is 3. The molecule has 3 aromatic carbocycles. The lowest BCUT2D eigenvalue weighted by molar-refractivity contribution is 0.102. The Kier molecular flexibility index (Phi) is 11.7. The Hall–Kier alpha value is -4.97. The fourth-order valence-corrected chi connectivity index (χ4v) is 4.96. The van der Waals surface area contributed by atoms with Gasteiger partial charge in [0.1, 0.15) is 0 Å². The number of aryl methyl sites for hydroxylation is 3. The third-order valence-electron chi connectivity index (χ3n) is 6.76. The van der Waals surface area contributed by atoms with Crippen LogP contribution in [0.5, 0.6) is 0 Å². The number of aromatic nitrogens is 3. The van der Waals surface area contributed by atoms with Crippen molar-refractivity contribution >= 4 is 33.3 Å². The molecule has 0 atom stereocenters. The number of rotatable bonds is 10. The lowest BCUT2D eigenvalue weighted by atomic mass is 10.1. The Balaban J connectivity index is 0.000000254. The van der Waals surface area contributed by atoms with E-state index >= 15 is 0 Å². The molecule has 0 bridgehead atoms. The van der Waals surface area contributed by atoms with E-state index in [1.54, 1.807) is 42.9 Å². The van der Waals surface area contributed by atoms with Crippen molar-refractivity contribution in [3.63, 3.8) is 0 Å². The summed E-state index contributed by atoms with van der Waals surface area (Å²) in [4.78, 5) is 27.6. The maximum atomic E-state index is 12.5. The fourth-order valence-electron chi connectivity index (χ4n) is 4.06. The predicted molar refractivity (Wildman–Crippen MR) is 182 cm³/mol. The van der Waals surface area contributed by atoms with Gasteiger partial charge in [-0.2, -0.15) is 8.42 Å². The fraction of sp³-hybridized carbons (Fsp3) is 0.200. The minimum Gasteiger partial charge on any atom is -0.324 e. The second-order valence-electron chi connectivity index (χ2n) is 10.9. The van der Waals surface area contributed by atoms with Crippen LogP contribution in [0.1, 0.15) is 27.0 Å². The van der Waals surface area contributed by atoms with Crippen LogP contribution in [-0.2, 0) is 14.3 Å². The average Bonchev–Trinajstić information content (AvgIpc) is 3.04. The summed E-state index contributed by atoms with van der Waals surface area (Å²) in [5, 5.41) is 6.19. The normalized spacial score (nSPS) is 11.0. The molecule has 5 aromatic rings. The Morgan fingerprint density at radius 2 is 1.57 bits per heavy atom. The molecule has 0 aliphatic rings. The van der Waals surface area contributed by atoms with Gasteiger partial charge in [-0.05, 0) is 95.0 Å². The van der Waals surface area contributed by atoms with Crippen LogP contribution in [0, 0.1) is 20.8 Å². The van der Waals surface area contributed by atoms with E-state index < -0.39 is 10.1 Å². The molecule has 0 saturated heterocycles. The third-order valence-corrected chi connectivity index (χ3v) is 8.08. The molecule has 0 aliphatic heterocycles. The lowest BCUT2D eigenvalue weighted by Gasteiger charge is -2.12. The van der Waals surface area contributed by atoms with Crippen molar-refractivity contribution in [2.75, 3.05) is 37.9 Å². The molecule has 0 fully saturated rings. The largest absolute Gasteiger partial charge is 0.324 e. The van der Waals surface area contributed by atoms with Crippen LogP contribution in [0.4, 0.5) is 17.3 Å². The number of hydrogen-bond donors (Lipinski definition) is 2. The molecule has 2 N–H and O–H groups in total. The summed E-state index contributed by atoms with van der Waals surface area (Å²) in [6.45, 7) is 6.63. The summed E-state index contributed by atoms with van der Waals surface area (Å²) >= 11 is 0. The molecular formula is C35H38N6O4S. The summed E-state index contributed by atoms with van der Waals surface area (Å²) in [6, 6.07) is 25.4. The highest BCUT2D eigenvalue weighted by Gasteiger charge is 2.14. The van der Waals surface area contributed by atoms with Gasteiger partial charge in [0.05, 0.1) is 17.2 Å². The quantitative estimate of drug-likeness (QED) is 0.167. The van der Waals surface area contributed by atoms with E-state index in [1.807, 2.05) is 100 Å². The van der Waals surface area contributed by atoms with Crippen molar-refractivity contribution in [2.24, 2.45) is 0 Å². The van der Waals surface area contributed by atoms with Gasteiger partial charge in [0.25, 0.3) is 16.0 Å². The first kappa shape index (κ1) is 33.9. The van der Waals surface area contributed by atoms with Crippen molar-refractivity contribution in [1.29, 1.82) is 0 Å². The van der Waals surface area contributed by atoms with Gasteiger partial charge >= 0.3 is 0 Å². The molecule has 0 radical (unpaired) electrons. The molecule has 5 rings (SSSR count). The van der Waals surface area contributed by atoms with Gasteiger partial charge in [-0.1, -0.05) is 41.5 Å². The molecule has 0 aliphatic carbocycles. The molecule has 1 amide bonds. The van der Waals surface area contributed by atoms with Crippen molar-refractivity contribution < 1.29 is 17.4 Å². The topological polar surface area (TPSA) is 126 Å². The summed E-state index contributed by atoms with van der Waals surface area (Å²) in [6.07, 6.45) is 5.19. The van der Waals surface area contributed by atoms with E-state index in [0.29, 0.717) is 23.7 Å². The molecule has 2 aromatic heterocycles. The van der Waals surface area contributed by atoms with Crippen LogP contribution in [0.2, 0.25) is 0 Å². The summed E-state index contributed by atoms with van der Waals surface area (Å²) in [5.41, 5.74) is 6.97. The second kappa shape index (κ2) is 15.8. The van der Waals surface area contributed by atoms with E-state index in [2.05, 4.69) is 25.6 Å². The Labute approximate surface area is 270 Å². The lowest BCUT2D eigenvalue weighted by Crippen LogP contribution is -2.20. The highest BCUT2D eigenvalue weighted by atomic mass is 32.2. The van der Waals surface area contributed by atoms with Gasteiger partial charge in [-0.25, -0.2) is 9.97 Å². The molecule has 0 spiro atoms. The number of hydrogen-bond acceptors (Lipinski definition) is 9. The maximum Gasteiger partial charge on any atom is 0.297 e. The number of carbonyl (C=O) groups excluding carboxylic acids is 1. The molecular weight excluding hydrogens is 600 g/mol. The molecule has 0 unspecified atom stereocenters. The van der Waals surface area contributed by atoms with Crippen molar-refractivity contribution in [3.05, 3.63) is 126 Å². The van der Waals surface area contributed by atoms with E-state index in [4.69, 9.17) is 4.18 Å². The number of amides is 1. The van der Waals surface area contributed by atoms with Gasteiger partial charge < -0.3 is 15.5 Å². The molecule has 2 heterocycles. The van der Waals surface area contributed by atoms with Crippen molar-refractivity contribution in [1.82, 2.24) is 19.9 Å². The Morgan fingerprint density at radius 1 is 0.870 bits per heavy atom. The number of carbonyl (C=O) groups is 1. The van der Waals surface area contributed by atoms with Crippen LogP contribution in [0.25, 0.3) is 11.3 Å². The molecule has 11 heteroatoms. The Bertz CT molecular complexity index is 1850. The summed E-state index contributed by atoms with van der Waals surface area (Å²) < 4.78 is 28.3. The van der Waals surface area contributed by atoms with Gasteiger partial charge in [0, 0.05) is 47.6 Å². The zero-order valence-electron chi connectivity index (χ0n) is 26.6. The standard InChI is InChI=1S/C24H21N5O.C11H17NO3S/c1-16-5-8-18(9-6-16)23(30)27-20-10-7-17(2)22(14-20)29-24-26-13-11-21(28-24)19-4-3-12-25-15-19;1-10-4-6-11(7-5-10)16(13,14)15-9-8-12(2)3/h3-15H,1-2H3,(H,27,30)(H,26,28,29);4-7H,8-9H2,1-3H3. The number of benzene rings is 3. The van der Waals surface area contributed by atoms with Crippen LogP contribution in [0.15, 0.2) is 108 Å². The average molecular weight is 639 g/mol. The van der Waals surface area contributed by atoms with Crippen LogP contribution >= 0.6 is 0 Å². The minimum atomic E-state index is -3.60. The van der Waals surface area contributed by atoms with Crippen molar-refractivity contribution in [2.45, 2.75) is 25.7 Å². The SMILES string of the molecule is Cc1ccc(C(=O)Nc2ccc(C)c(Nc3nccc(-c4cccnc4)n3)c2)cc1.Cc1ccc(S(=O)(=O)OCCN(C)C)cc1.